The smallest absolute Gasteiger partial charge is 0.0752 e. The second kappa shape index (κ2) is 12.3. The average molecular weight is 172 g/mol. The van der Waals surface area contributed by atoms with Gasteiger partial charge < -0.3 is 4.52 Å². The Hall–Kier alpha value is -0.390. The second-order valence-electron chi connectivity index (χ2n) is 1.49. The highest BCUT2D eigenvalue weighted by Crippen LogP contribution is 1.99. The third-order valence-electron chi connectivity index (χ3n) is 0.844. The predicted octanol–water partition coefficient (Wildman–Crippen LogP) is 3.12. The third kappa shape index (κ3) is 9.61. The van der Waals surface area contributed by atoms with Gasteiger partial charge in [0.15, 0.2) is 0 Å². The monoisotopic (exact) mass is 172 g/mol. The Bertz CT molecular complexity index is 128. The Kier molecular flexibility index (Phi) is 14.8. The zero-order valence-corrected chi connectivity index (χ0v) is 8.49. The fourth-order valence-corrected chi connectivity index (χ4v) is 0.615. The SMILES string of the molecule is C=C/C=C(\C=C)COP.CC. The standard InChI is InChI=1S/C7H11OP.C2H6/c1-3-5-7(4-2)6-8-9;1-2/h3-5H,1-2,6,9H2;1-2H3/b7-5+;. The minimum Gasteiger partial charge on any atom is -0.361 e. The summed E-state index contributed by atoms with van der Waals surface area (Å²) in [4.78, 5) is 0. The molecule has 0 aliphatic heterocycles. The molecule has 1 nitrogen and oxygen atoms in total. The van der Waals surface area contributed by atoms with E-state index in [1.807, 2.05) is 19.9 Å². The quantitative estimate of drug-likeness (QED) is 0.467. The molecule has 64 valence electrons. The largest absolute Gasteiger partial charge is 0.361 e. The lowest BCUT2D eigenvalue weighted by molar-refractivity contribution is 0.418. The summed E-state index contributed by atoms with van der Waals surface area (Å²) in [7, 11) is 2.18. The summed E-state index contributed by atoms with van der Waals surface area (Å²) >= 11 is 0. The molecular formula is C9H17OP. The summed E-state index contributed by atoms with van der Waals surface area (Å²) in [6.07, 6.45) is 5.31. The summed E-state index contributed by atoms with van der Waals surface area (Å²) < 4.78 is 4.78. The van der Waals surface area contributed by atoms with E-state index in [9.17, 15) is 0 Å². The van der Waals surface area contributed by atoms with E-state index in [1.54, 1.807) is 12.2 Å². The summed E-state index contributed by atoms with van der Waals surface area (Å²) in [5.41, 5.74) is 1.03. The van der Waals surface area contributed by atoms with Crippen molar-refractivity contribution in [3.63, 3.8) is 0 Å². The lowest BCUT2D eigenvalue weighted by Gasteiger charge is -1.95. The number of allylic oxidation sites excluding steroid dienone is 2. The van der Waals surface area contributed by atoms with E-state index in [1.165, 1.54) is 0 Å². The molecule has 0 spiro atoms. The van der Waals surface area contributed by atoms with Crippen molar-refractivity contribution >= 4 is 9.47 Å². The van der Waals surface area contributed by atoms with Crippen LogP contribution in [0.25, 0.3) is 0 Å². The van der Waals surface area contributed by atoms with Gasteiger partial charge in [0, 0.05) is 9.47 Å². The van der Waals surface area contributed by atoms with Gasteiger partial charge in [0.05, 0.1) is 6.61 Å². The van der Waals surface area contributed by atoms with Crippen molar-refractivity contribution in [1.82, 2.24) is 0 Å². The molecule has 0 amide bonds. The van der Waals surface area contributed by atoms with Crippen LogP contribution in [0.5, 0.6) is 0 Å². The van der Waals surface area contributed by atoms with Crippen molar-refractivity contribution in [2.75, 3.05) is 6.61 Å². The van der Waals surface area contributed by atoms with Crippen LogP contribution in [0.1, 0.15) is 13.8 Å². The van der Waals surface area contributed by atoms with Gasteiger partial charge in [0.1, 0.15) is 0 Å². The van der Waals surface area contributed by atoms with Crippen molar-refractivity contribution in [3.8, 4) is 0 Å². The molecule has 0 saturated heterocycles. The molecule has 0 heterocycles. The highest BCUT2D eigenvalue weighted by Gasteiger charge is 1.84. The van der Waals surface area contributed by atoms with Crippen LogP contribution < -0.4 is 0 Å². The van der Waals surface area contributed by atoms with Gasteiger partial charge in [0.2, 0.25) is 0 Å². The Balaban J connectivity index is 0. The van der Waals surface area contributed by atoms with E-state index in [4.69, 9.17) is 4.52 Å². The first-order valence-electron chi connectivity index (χ1n) is 3.61. The van der Waals surface area contributed by atoms with Gasteiger partial charge in [0.25, 0.3) is 0 Å². The molecule has 2 heteroatoms. The van der Waals surface area contributed by atoms with Gasteiger partial charge in [-0.15, -0.1) is 0 Å². The zero-order valence-electron chi connectivity index (χ0n) is 7.34. The second-order valence-corrected chi connectivity index (χ2v) is 1.83. The molecule has 0 radical (unpaired) electrons. The van der Waals surface area contributed by atoms with Crippen LogP contribution in [-0.2, 0) is 4.52 Å². The maximum absolute atomic E-state index is 4.78. The summed E-state index contributed by atoms with van der Waals surface area (Å²) in [6.45, 7) is 11.7. The van der Waals surface area contributed by atoms with Crippen molar-refractivity contribution in [3.05, 3.63) is 37.0 Å². The molecule has 11 heavy (non-hydrogen) atoms. The predicted molar refractivity (Wildman–Crippen MR) is 55.5 cm³/mol. The third-order valence-corrected chi connectivity index (χ3v) is 1.01. The first kappa shape index (κ1) is 13.2. The molecule has 0 N–H and O–H groups in total. The van der Waals surface area contributed by atoms with Crippen LogP contribution in [0.15, 0.2) is 37.0 Å². The lowest BCUT2D eigenvalue weighted by atomic mass is 10.2. The van der Waals surface area contributed by atoms with Crippen LogP contribution in [-0.4, -0.2) is 6.61 Å². The Labute approximate surface area is 72.1 Å². The number of hydrogen-bond acceptors (Lipinski definition) is 1. The molecule has 1 unspecified atom stereocenters. The molecule has 0 aliphatic carbocycles. The number of hydrogen-bond donors (Lipinski definition) is 0. The zero-order chi connectivity index (χ0) is 9.11. The Morgan fingerprint density at radius 1 is 1.45 bits per heavy atom. The molecule has 0 aromatic heterocycles. The minimum absolute atomic E-state index is 0.570. The number of rotatable bonds is 4. The van der Waals surface area contributed by atoms with Gasteiger partial charge in [-0.2, -0.15) is 0 Å². The molecule has 0 saturated carbocycles. The average Bonchev–Trinajstić information content (AvgIpc) is 2.08. The highest BCUT2D eigenvalue weighted by atomic mass is 31.0. The summed E-state index contributed by atoms with van der Waals surface area (Å²) in [6, 6.07) is 0. The fourth-order valence-electron chi connectivity index (χ4n) is 0.423. The van der Waals surface area contributed by atoms with Crippen LogP contribution in [0, 0.1) is 0 Å². The van der Waals surface area contributed by atoms with Gasteiger partial charge in [-0.25, -0.2) is 0 Å². The van der Waals surface area contributed by atoms with E-state index in [-0.39, 0.29) is 0 Å². The van der Waals surface area contributed by atoms with Crippen molar-refractivity contribution < 1.29 is 4.52 Å². The van der Waals surface area contributed by atoms with Crippen LogP contribution in [0.2, 0.25) is 0 Å². The van der Waals surface area contributed by atoms with Crippen LogP contribution in [0.4, 0.5) is 0 Å². The van der Waals surface area contributed by atoms with Crippen molar-refractivity contribution in [1.29, 1.82) is 0 Å². The molecule has 0 aromatic rings. The van der Waals surface area contributed by atoms with E-state index >= 15 is 0 Å². The van der Waals surface area contributed by atoms with E-state index < -0.39 is 0 Å². The molecule has 0 bridgehead atoms. The lowest BCUT2D eigenvalue weighted by Crippen LogP contribution is -1.84. The van der Waals surface area contributed by atoms with Crippen LogP contribution >= 0.6 is 9.47 Å². The van der Waals surface area contributed by atoms with Gasteiger partial charge in [-0.1, -0.05) is 45.2 Å². The molecule has 0 rings (SSSR count). The van der Waals surface area contributed by atoms with Crippen molar-refractivity contribution in [2.24, 2.45) is 0 Å². The topological polar surface area (TPSA) is 9.23 Å². The molecule has 0 aliphatic rings. The van der Waals surface area contributed by atoms with Gasteiger partial charge in [-0.3, -0.25) is 0 Å². The first-order valence-corrected chi connectivity index (χ1v) is 4.08. The van der Waals surface area contributed by atoms with Crippen molar-refractivity contribution in [2.45, 2.75) is 13.8 Å². The Morgan fingerprint density at radius 2 is 2.00 bits per heavy atom. The normalized spacial score (nSPS) is 9.55. The highest BCUT2D eigenvalue weighted by molar-refractivity contribution is 7.09. The maximum atomic E-state index is 4.78. The van der Waals surface area contributed by atoms with E-state index in [2.05, 4.69) is 22.6 Å². The Morgan fingerprint density at radius 3 is 2.27 bits per heavy atom. The summed E-state index contributed by atoms with van der Waals surface area (Å²) in [5.74, 6) is 0. The first-order chi connectivity index (χ1) is 5.35. The minimum atomic E-state index is 0.570. The molecule has 0 aromatic carbocycles. The molecule has 0 fully saturated rings. The van der Waals surface area contributed by atoms with Crippen LogP contribution in [0.3, 0.4) is 0 Å². The van der Waals surface area contributed by atoms with Gasteiger partial charge in [-0.05, 0) is 5.57 Å². The summed E-state index contributed by atoms with van der Waals surface area (Å²) in [5, 5.41) is 0. The maximum Gasteiger partial charge on any atom is 0.0752 e. The molecule has 1 atom stereocenters. The van der Waals surface area contributed by atoms with E-state index in [0.717, 1.165) is 5.57 Å². The van der Waals surface area contributed by atoms with E-state index in [0.29, 0.717) is 6.61 Å². The van der Waals surface area contributed by atoms with Gasteiger partial charge >= 0.3 is 0 Å². The fraction of sp³-hybridized carbons (Fsp3) is 0.333. The molecular weight excluding hydrogens is 155 g/mol.